The topological polar surface area (TPSA) is 165 Å². The number of carboxylic acids is 1. The Morgan fingerprint density at radius 2 is 0.981 bits per heavy atom. The van der Waals surface area contributed by atoms with E-state index >= 15 is 0 Å². The molecule has 0 radical (unpaired) electrons. The molecule has 0 aliphatic carbocycles. The highest BCUT2D eigenvalue weighted by molar-refractivity contribution is 5.96. The Morgan fingerprint density at radius 1 is 0.585 bits per heavy atom. The smallest absolute Gasteiger partial charge is 0.335 e. The van der Waals surface area contributed by atoms with Gasteiger partial charge < -0.3 is 30.3 Å². The van der Waals surface area contributed by atoms with E-state index in [9.17, 15) is 19.2 Å². The molecule has 0 fully saturated rings. The fraction of sp³-hybridized carbons (Fsp3) is 0.163. The van der Waals surface area contributed by atoms with E-state index in [1.54, 1.807) is 36.4 Å². The number of benzene rings is 4. The summed E-state index contributed by atoms with van der Waals surface area (Å²) in [6, 6.07) is 36.0. The van der Waals surface area contributed by atoms with Gasteiger partial charge in [0.2, 0.25) is 0 Å². The molecule has 0 bridgehead atoms. The molecule has 10 nitrogen and oxygen atoms in total. The van der Waals surface area contributed by atoms with E-state index in [0.717, 1.165) is 34.0 Å². The number of H-pyrrole nitrogens is 2. The minimum absolute atomic E-state index is 0.00985. The average Bonchev–Trinajstić information content (AvgIpc) is 3.13. The number of nitrogens with one attached hydrogen (secondary N) is 2. The summed E-state index contributed by atoms with van der Waals surface area (Å²) < 4.78 is 11.2. The van der Waals surface area contributed by atoms with Crippen molar-refractivity contribution in [3.63, 3.8) is 0 Å². The second kappa shape index (κ2) is 19.2. The lowest BCUT2D eigenvalue weighted by atomic mass is 10.0. The number of rotatable bonds is 10. The number of ketones is 1. The van der Waals surface area contributed by atoms with Crippen molar-refractivity contribution in [2.75, 3.05) is 0 Å². The highest BCUT2D eigenvalue weighted by Crippen LogP contribution is 2.23. The third-order valence-electron chi connectivity index (χ3n) is 8.03. The van der Waals surface area contributed by atoms with Crippen LogP contribution in [-0.2, 0) is 13.0 Å². The van der Waals surface area contributed by atoms with Crippen LogP contribution in [0.1, 0.15) is 60.8 Å². The molecule has 2 aromatic heterocycles. The minimum atomic E-state index is -0.939. The van der Waals surface area contributed by atoms with Gasteiger partial charge in [0.25, 0.3) is 11.1 Å². The maximum atomic E-state index is 12.4. The Labute approximate surface area is 307 Å². The summed E-state index contributed by atoms with van der Waals surface area (Å²) in [5.74, 6) is 1.85. The third kappa shape index (κ3) is 12.0. The molecule has 0 atom stereocenters. The Bertz CT molecular complexity index is 2230. The summed E-state index contributed by atoms with van der Waals surface area (Å²) in [4.78, 5) is 51.7. The standard InChI is InChI=1S/C22H21NO3.C13H10O3.C8H12N2O/c1-15-14-16(2)23-22(25)20(15)12-13-21(24)17-8-10-19(11-9-17)26-18-6-4-3-5-7-18;14-13(15)10-6-8-12(9-7-10)16-11-4-2-1-3-5-11;1-5-3-6(2)10-8(11)7(5)4-9/h3-11,14H,12-13H2,1-2H3,(H,23,25);1-9H,(H,14,15);3H,4,9H2,1-2H3,(H,10,11). The number of carbonyl (C=O) groups excluding carboxylic acids is 1. The number of carboxylic acid groups (broad SMARTS) is 1. The number of para-hydroxylation sites is 2. The van der Waals surface area contributed by atoms with Crippen molar-refractivity contribution in [3.05, 3.63) is 187 Å². The van der Waals surface area contributed by atoms with Crippen LogP contribution in [0.5, 0.6) is 23.0 Å². The van der Waals surface area contributed by atoms with Crippen molar-refractivity contribution in [2.24, 2.45) is 5.73 Å². The number of ether oxygens (including phenoxy) is 2. The lowest BCUT2D eigenvalue weighted by molar-refractivity contribution is 0.0696. The molecule has 6 aromatic rings. The van der Waals surface area contributed by atoms with Gasteiger partial charge in [-0.05, 0) is 130 Å². The first kappa shape index (κ1) is 39.3. The molecule has 4 aromatic carbocycles. The molecule has 10 heteroatoms. The predicted molar refractivity (Wildman–Crippen MR) is 206 cm³/mol. The quantitative estimate of drug-likeness (QED) is 0.103. The SMILES string of the molecule is Cc1cc(C)c(CCC(=O)c2ccc(Oc3ccccc3)cc2)c(=O)[nH]1.Cc1cc(C)c(CN)c(=O)[nH]1.O=C(O)c1ccc(Oc2ccccc2)cc1. The second-order valence-electron chi connectivity index (χ2n) is 12.2. The monoisotopic (exact) mass is 713 g/mol. The summed E-state index contributed by atoms with van der Waals surface area (Å²) in [5.41, 5.74) is 11.0. The van der Waals surface area contributed by atoms with E-state index < -0.39 is 5.97 Å². The van der Waals surface area contributed by atoms with E-state index in [0.29, 0.717) is 47.6 Å². The highest BCUT2D eigenvalue weighted by atomic mass is 16.5. The molecule has 272 valence electrons. The number of aryl methyl sites for hydroxylation is 4. The number of aromatic nitrogens is 2. The molecule has 2 heterocycles. The van der Waals surface area contributed by atoms with E-state index in [1.807, 2.05) is 100 Å². The van der Waals surface area contributed by atoms with Gasteiger partial charge in [-0.15, -0.1) is 0 Å². The molecule has 0 aliphatic heterocycles. The van der Waals surface area contributed by atoms with Crippen LogP contribution in [0.4, 0.5) is 0 Å². The fourth-order valence-electron chi connectivity index (χ4n) is 5.33. The largest absolute Gasteiger partial charge is 0.478 e. The van der Waals surface area contributed by atoms with Gasteiger partial charge in [-0.3, -0.25) is 14.4 Å². The molecule has 5 N–H and O–H groups in total. The van der Waals surface area contributed by atoms with Crippen molar-refractivity contribution in [1.82, 2.24) is 9.97 Å². The van der Waals surface area contributed by atoms with Gasteiger partial charge in [0.1, 0.15) is 23.0 Å². The van der Waals surface area contributed by atoms with Crippen LogP contribution in [0.15, 0.2) is 131 Å². The van der Waals surface area contributed by atoms with Crippen molar-refractivity contribution in [3.8, 4) is 23.0 Å². The maximum Gasteiger partial charge on any atom is 0.335 e. The average molecular weight is 714 g/mol. The first-order valence-electron chi connectivity index (χ1n) is 16.9. The Hall–Kier alpha value is -6.52. The number of pyridine rings is 2. The summed E-state index contributed by atoms with van der Waals surface area (Å²) in [6.45, 7) is 7.81. The van der Waals surface area contributed by atoms with Gasteiger partial charge in [-0.2, -0.15) is 0 Å². The lowest BCUT2D eigenvalue weighted by Crippen LogP contribution is -2.18. The highest BCUT2D eigenvalue weighted by Gasteiger charge is 2.11. The first-order chi connectivity index (χ1) is 25.4. The van der Waals surface area contributed by atoms with Gasteiger partial charge >= 0.3 is 5.97 Å². The van der Waals surface area contributed by atoms with E-state index in [4.69, 9.17) is 20.3 Å². The van der Waals surface area contributed by atoms with Gasteiger partial charge in [-0.25, -0.2) is 4.79 Å². The van der Waals surface area contributed by atoms with Gasteiger partial charge in [0, 0.05) is 41.0 Å². The van der Waals surface area contributed by atoms with Crippen LogP contribution in [0, 0.1) is 27.7 Å². The zero-order valence-electron chi connectivity index (χ0n) is 30.1. The van der Waals surface area contributed by atoms with Crippen molar-refractivity contribution in [2.45, 2.75) is 47.1 Å². The number of nitrogens with two attached hydrogens (primary N) is 1. The molecule has 6 rings (SSSR count). The van der Waals surface area contributed by atoms with Crippen LogP contribution in [0.25, 0.3) is 0 Å². The van der Waals surface area contributed by atoms with E-state index in [2.05, 4.69) is 9.97 Å². The molecule has 0 aliphatic rings. The molecule has 0 spiro atoms. The lowest BCUT2D eigenvalue weighted by Gasteiger charge is -2.07. The molecular weight excluding hydrogens is 670 g/mol. The van der Waals surface area contributed by atoms with E-state index in [-0.39, 0.29) is 22.5 Å². The van der Waals surface area contributed by atoms with Gasteiger partial charge in [0.05, 0.1) is 5.56 Å². The normalized spacial score (nSPS) is 10.2. The van der Waals surface area contributed by atoms with Crippen molar-refractivity contribution in [1.29, 1.82) is 0 Å². The summed E-state index contributed by atoms with van der Waals surface area (Å²) in [5, 5.41) is 8.72. The Morgan fingerprint density at radius 3 is 1.38 bits per heavy atom. The second-order valence-corrected chi connectivity index (χ2v) is 12.2. The zero-order chi connectivity index (χ0) is 38.3. The predicted octanol–water partition coefficient (Wildman–Crippen LogP) is 8.23. The van der Waals surface area contributed by atoms with Crippen molar-refractivity contribution < 1.29 is 24.2 Å². The number of aromatic amines is 2. The molecule has 0 amide bonds. The van der Waals surface area contributed by atoms with Gasteiger partial charge in [-0.1, -0.05) is 36.4 Å². The summed E-state index contributed by atoms with van der Waals surface area (Å²) >= 11 is 0. The number of aromatic carboxylic acids is 1. The maximum absolute atomic E-state index is 12.4. The zero-order valence-corrected chi connectivity index (χ0v) is 30.1. The Kier molecular flexibility index (Phi) is 14.2. The molecule has 0 saturated carbocycles. The molecule has 0 saturated heterocycles. The number of Topliss-reactive ketones (excluding diaryl/α,β-unsaturated/α-hetero) is 1. The number of hydrogen-bond donors (Lipinski definition) is 4. The summed E-state index contributed by atoms with van der Waals surface area (Å²) in [6.07, 6.45) is 0.731. The van der Waals surface area contributed by atoms with Crippen molar-refractivity contribution >= 4 is 11.8 Å². The third-order valence-corrected chi connectivity index (χ3v) is 8.03. The Balaban J connectivity index is 0.000000197. The fourth-order valence-corrected chi connectivity index (χ4v) is 5.33. The first-order valence-corrected chi connectivity index (χ1v) is 16.9. The number of hydrogen-bond acceptors (Lipinski definition) is 7. The van der Waals surface area contributed by atoms with Gasteiger partial charge in [0.15, 0.2) is 5.78 Å². The van der Waals surface area contributed by atoms with Crippen LogP contribution in [0.3, 0.4) is 0 Å². The molecule has 0 unspecified atom stereocenters. The van der Waals surface area contributed by atoms with Crippen LogP contribution in [-0.4, -0.2) is 26.8 Å². The molecule has 53 heavy (non-hydrogen) atoms. The molecular formula is C43H43N3O7. The number of carbonyl (C=O) groups is 2. The van der Waals surface area contributed by atoms with Crippen LogP contribution >= 0.6 is 0 Å². The van der Waals surface area contributed by atoms with Crippen LogP contribution < -0.4 is 26.3 Å². The minimum Gasteiger partial charge on any atom is -0.478 e. The van der Waals surface area contributed by atoms with E-state index in [1.165, 1.54) is 12.1 Å². The van der Waals surface area contributed by atoms with Crippen LogP contribution in [0.2, 0.25) is 0 Å². The summed E-state index contributed by atoms with van der Waals surface area (Å²) in [7, 11) is 0.